The van der Waals surface area contributed by atoms with Crippen LogP contribution in [0.4, 0.5) is 26.3 Å². The normalized spacial score (nSPS) is 12.1. The Hall–Kier alpha value is -2.85. The van der Waals surface area contributed by atoms with Crippen LogP contribution in [0.3, 0.4) is 0 Å². The van der Waals surface area contributed by atoms with Gasteiger partial charge in [-0.15, -0.1) is 0 Å². The molecule has 0 spiro atoms. The summed E-state index contributed by atoms with van der Waals surface area (Å²) in [5.41, 5.74) is -4.99. The molecule has 2 aromatic rings. The van der Waals surface area contributed by atoms with Crippen molar-refractivity contribution in [3.63, 3.8) is 0 Å². The van der Waals surface area contributed by atoms with Gasteiger partial charge in [-0.1, -0.05) is 0 Å². The van der Waals surface area contributed by atoms with Gasteiger partial charge < -0.3 is 9.88 Å². The molecule has 1 N–H and O–H groups in total. The summed E-state index contributed by atoms with van der Waals surface area (Å²) in [4.78, 5) is 31.5. The number of aromatic amines is 1. The Bertz CT molecular complexity index is 897. The van der Waals surface area contributed by atoms with Gasteiger partial charge in [0, 0.05) is 24.8 Å². The number of carbonyl (C=O) groups is 1. The fourth-order valence-electron chi connectivity index (χ4n) is 2.47. The van der Waals surface area contributed by atoms with E-state index in [1.54, 1.807) is 13.8 Å². The van der Waals surface area contributed by atoms with Gasteiger partial charge >= 0.3 is 12.4 Å². The molecule has 0 bridgehead atoms. The minimum absolute atomic E-state index is 0.0279. The van der Waals surface area contributed by atoms with Crippen LogP contribution in [0.1, 0.15) is 35.3 Å². The van der Waals surface area contributed by atoms with Gasteiger partial charge in [0.15, 0.2) is 0 Å². The average Bonchev–Trinajstić information content (AvgIpc) is 2.60. The molecule has 0 radical (unpaired) electrons. The third kappa shape index (κ3) is 4.52. The topological polar surface area (TPSA) is 66.1 Å². The molecule has 0 saturated carbocycles. The second kappa shape index (κ2) is 7.64. The second-order valence-corrected chi connectivity index (χ2v) is 5.75. The van der Waals surface area contributed by atoms with Gasteiger partial charge in [-0.2, -0.15) is 26.3 Å². The van der Waals surface area contributed by atoms with Gasteiger partial charge in [-0.3, -0.25) is 9.59 Å². The number of rotatable bonds is 4. The summed E-state index contributed by atoms with van der Waals surface area (Å²) in [7, 11) is 0. The Morgan fingerprint density at radius 1 is 1.00 bits per heavy atom. The predicted molar refractivity (Wildman–Crippen MR) is 87.5 cm³/mol. The van der Waals surface area contributed by atoms with Crippen LogP contribution in [0.2, 0.25) is 0 Å². The van der Waals surface area contributed by atoms with Gasteiger partial charge in [-0.25, -0.2) is 4.98 Å². The van der Waals surface area contributed by atoms with E-state index in [1.165, 1.54) is 4.90 Å². The average molecular weight is 407 g/mol. The fraction of sp³-hybridized carbons (Fsp3) is 0.353. The van der Waals surface area contributed by atoms with Crippen LogP contribution in [0.15, 0.2) is 29.2 Å². The van der Waals surface area contributed by atoms with Crippen molar-refractivity contribution in [2.24, 2.45) is 0 Å². The quantitative estimate of drug-likeness (QED) is 0.781. The lowest BCUT2D eigenvalue weighted by Crippen LogP contribution is -2.34. The number of amides is 1. The molecule has 1 amide bonds. The summed E-state index contributed by atoms with van der Waals surface area (Å²) >= 11 is 0. The zero-order valence-corrected chi connectivity index (χ0v) is 14.7. The van der Waals surface area contributed by atoms with Crippen LogP contribution in [0, 0.1) is 0 Å². The van der Waals surface area contributed by atoms with Crippen molar-refractivity contribution >= 4 is 5.91 Å². The zero-order chi connectivity index (χ0) is 21.3. The van der Waals surface area contributed by atoms with Crippen molar-refractivity contribution in [2.75, 3.05) is 13.1 Å². The molecule has 0 aliphatic carbocycles. The smallest absolute Gasteiger partial charge is 0.339 e. The largest absolute Gasteiger partial charge is 0.416 e. The summed E-state index contributed by atoms with van der Waals surface area (Å²) in [6, 6.07) is 0.860. The van der Waals surface area contributed by atoms with Crippen molar-refractivity contribution in [2.45, 2.75) is 26.2 Å². The number of alkyl halides is 6. The maximum absolute atomic E-state index is 13.0. The van der Waals surface area contributed by atoms with Gasteiger partial charge in [0.25, 0.3) is 11.5 Å². The third-order valence-electron chi connectivity index (χ3n) is 3.94. The number of benzene rings is 1. The Balaban J connectivity index is 2.58. The number of hydrogen-bond donors (Lipinski definition) is 1. The van der Waals surface area contributed by atoms with Crippen LogP contribution in [-0.2, 0) is 12.4 Å². The molecule has 11 heteroatoms. The molecule has 1 heterocycles. The highest BCUT2D eigenvalue weighted by Crippen LogP contribution is 2.37. The molecule has 1 aromatic heterocycles. The van der Waals surface area contributed by atoms with Crippen LogP contribution >= 0.6 is 0 Å². The maximum Gasteiger partial charge on any atom is 0.416 e. The van der Waals surface area contributed by atoms with Crippen LogP contribution in [-0.4, -0.2) is 33.9 Å². The van der Waals surface area contributed by atoms with Crippen molar-refractivity contribution in [3.05, 3.63) is 51.4 Å². The monoisotopic (exact) mass is 407 g/mol. The lowest BCUT2D eigenvalue weighted by molar-refractivity contribution is -0.143. The molecule has 0 saturated heterocycles. The SMILES string of the molecule is CCN(CC)C(=O)c1cnc(-c2cc(C(F)(F)F)cc(C(F)(F)F)c2)[nH]c1=O. The predicted octanol–water partition coefficient (Wildman–Crippen LogP) is 3.96. The molecule has 0 aliphatic heterocycles. The second-order valence-electron chi connectivity index (χ2n) is 5.75. The summed E-state index contributed by atoms with van der Waals surface area (Å²) in [6.07, 6.45) is -9.23. The van der Waals surface area contributed by atoms with E-state index in [0.29, 0.717) is 25.2 Å². The van der Waals surface area contributed by atoms with E-state index in [0.717, 1.165) is 6.20 Å². The van der Waals surface area contributed by atoms with Crippen LogP contribution < -0.4 is 5.56 Å². The van der Waals surface area contributed by atoms with E-state index in [9.17, 15) is 35.9 Å². The summed E-state index contributed by atoms with van der Waals surface area (Å²) in [5, 5.41) is 0. The van der Waals surface area contributed by atoms with Gasteiger partial charge in [0.2, 0.25) is 0 Å². The van der Waals surface area contributed by atoms with Crippen LogP contribution in [0.5, 0.6) is 0 Å². The van der Waals surface area contributed by atoms with Gasteiger partial charge in [-0.05, 0) is 32.0 Å². The molecular weight excluding hydrogens is 392 g/mol. The number of carbonyl (C=O) groups excluding carboxylic acids is 1. The third-order valence-corrected chi connectivity index (χ3v) is 3.94. The number of hydrogen-bond acceptors (Lipinski definition) is 3. The molecule has 0 fully saturated rings. The van der Waals surface area contributed by atoms with E-state index >= 15 is 0 Å². The first-order chi connectivity index (χ1) is 12.9. The summed E-state index contributed by atoms with van der Waals surface area (Å²) in [5.74, 6) is -1.16. The summed E-state index contributed by atoms with van der Waals surface area (Å²) < 4.78 is 77.7. The first-order valence-corrected chi connectivity index (χ1v) is 8.06. The molecule has 28 heavy (non-hydrogen) atoms. The van der Waals surface area contributed by atoms with E-state index in [2.05, 4.69) is 9.97 Å². The number of nitrogens with zero attached hydrogens (tertiary/aromatic N) is 2. The Labute approximate surface area is 155 Å². The van der Waals surface area contributed by atoms with Crippen molar-refractivity contribution in [1.82, 2.24) is 14.9 Å². The minimum Gasteiger partial charge on any atom is -0.339 e. The number of aromatic nitrogens is 2. The Kier molecular flexibility index (Phi) is 5.86. The molecule has 152 valence electrons. The van der Waals surface area contributed by atoms with E-state index in [1.807, 2.05) is 0 Å². The molecule has 0 aliphatic rings. The fourth-order valence-corrected chi connectivity index (χ4v) is 2.47. The number of nitrogens with one attached hydrogen (secondary N) is 1. The molecule has 5 nitrogen and oxygen atoms in total. The highest BCUT2D eigenvalue weighted by molar-refractivity contribution is 5.93. The maximum atomic E-state index is 13.0. The molecule has 0 atom stereocenters. The van der Waals surface area contributed by atoms with Crippen molar-refractivity contribution in [1.29, 1.82) is 0 Å². The van der Waals surface area contributed by atoms with Crippen LogP contribution in [0.25, 0.3) is 11.4 Å². The van der Waals surface area contributed by atoms with Gasteiger partial charge in [0.05, 0.1) is 11.1 Å². The molecule has 2 rings (SSSR count). The number of halogens is 6. The molecular formula is C17H15F6N3O2. The van der Waals surface area contributed by atoms with E-state index < -0.39 is 46.3 Å². The van der Waals surface area contributed by atoms with E-state index in [-0.39, 0.29) is 11.6 Å². The first-order valence-electron chi connectivity index (χ1n) is 8.06. The highest BCUT2D eigenvalue weighted by Gasteiger charge is 2.37. The van der Waals surface area contributed by atoms with Crippen molar-refractivity contribution in [3.8, 4) is 11.4 Å². The lowest BCUT2D eigenvalue weighted by atomic mass is 10.0. The van der Waals surface area contributed by atoms with E-state index in [4.69, 9.17) is 0 Å². The zero-order valence-electron chi connectivity index (χ0n) is 14.7. The summed E-state index contributed by atoms with van der Waals surface area (Å²) in [6.45, 7) is 3.97. The lowest BCUT2D eigenvalue weighted by Gasteiger charge is -2.18. The first kappa shape index (κ1) is 21.5. The molecule has 0 unspecified atom stereocenters. The van der Waals surface area contributed by atoms with Gasteiger partial charge in [0.1, 0.15) is 11.4 Å². The van der Waals surface area contributed by atoms with Crippen molar-refractivity contribution < 1.29 is 31.1 Å². The molecule has 1 aromatic carbocycles. The standard InChI is InChI=1S/C17H15F6N3O2/c1-3-26(4-2)15(28)12-8-24-13(25-14(12)27)9-5-10(16(18,19)20)7-11(6-9)17(21,22)23/h5-8H,3-4H2,1-2H3,(H,24,25,27). The Morgan fingerprint density at radius 3 is 1.89 bits per heavy atom. The number of H-pyrrole nitrogens is 1. The highest BCUT2D eigenvalue weighted by atomic mass is 19.4. The Morgan fingerprint density at radius 2 is 1.50 bits per heavy atom. The minimum atomic E-state index is -5.03.